The average molecular weight is 252 g/mol. The van der Waals surface area contributed by atoms with Crippen molar-refractivity contribution in [1.82, 2.24) is 0 Å². The molecule has 4 heteroatoms. The molecule has 3 nitrogen and oxygen atoms in total. The van der Waals surface area contributed by atoms with E-state index in [-0.39, 0.29) is 6.04 Å². The highest BCUT2D eigenvalue weighted by molar-refractivity contribution is 9.09. The third-order valence-corrected chi connectivity index (χ3v) is 2.33. The summed E-state index contributed by atoms with van der Waals surface area (Å²) in [5.41, 5.74) is 9.37. The summed E-state index contributed by atoms with van der Waals surface area (Å²) in [4.78, 5) is 2.76. The van der Waals surface area contributed by atoms with E-state index in [1.807, 2.05) is 42.5 Å². The first-order chi connectivity index (χ1) is 6.86. The molecule has 1 atom stereocenters. The lowest BCUT2D eigenvalue weighted by molar-refractivity contribution is 0.936. The van der Waals surface area contributed by atoms with Crippen molar-refractivity contribution < 1.29 is 0 Å². The minimum absolute atomic E-state index is 0.125. The van der Waals surface area contributed by atoms with Gasteiger partial charge in [0.05, 0.1) is 6.04 Å². The molecule has 0 aromatic heterocycles. The molecule has 0 saturated heterocycles. The van der Waals surface area contributed by atoms with Crippen molar-refractivity contribution in [3.05, 3.63) is 52.4 Å². The van der Waals surface area contributed by atoms with Gasteiger partial charge in [-0.3, -0.25) is 0 Å². The summed E-state index contributed by atoms with van der Waals surface area (Å²) in [6.07, 6.45) is 3.82. The molecule has 0 heterocycles. The van der Waals surface area contributed by atoms with Crippen molar-refractivity contribution in [1.29, 1.82) is 0 Å². The second-order valence-corrected chi connectivity index (χ2v) is 3.34. The van der Waals surface area contributed by atoms with Gasteiger partial charge in [-0.1, -0.05) is 63.5 Å². The lowest BCUT2D eigenvalue weighted by Crippen LogP contribution is -1.98. The molecule has 1 rings (SSSR count). The van der Waals surface area contributed by atoms with Gasteiger partial charge in [0.1, 0.15) is 0 Å². The van der Waals surface area contributed by atoms with Crippen LogP contribution < -0.4 is 0 Å². The molecule has 72 valence electrons. The van der Waals surface area contributed by atoms with Gasteiger partial charge >= 0.3 is 0 Å². The van der Waals surface area contributed by atoms with Crippen molar-refractivity contribution in [2.24, 2.45) is 5.11 Å². The van der Waals surface area contributed by atoms with Crippen LogP contribution in [0.2, 0.25) is 0 Å². The van der Waals surface area contributed by atoms with Gasteiger partial charge in [-0.05, 0) is 11.1 Å². The van der Waals surface area contributed by atoms with Crippen molar-refractivity contribution in [3.63, 3.8) is 0 Å². The van der Waals surface area contributed by atoms with E-state index in [0.29, 0.717) is 5.33 Å². The number of alkyl halides is 1. The normalized spacial score (nSPS) is 12.4. The van der Waals surface area contributed by atoms with Gasteiger partial charge in [0.25, 0.3) is 0 Å². The maximum Gasteiger partial charge on any atom is 0.0655 e. The zero-order chi connectivity index (χ0) is 10.2. The number of hydrogen-bond acceptors (Lipinski definition) is 1. The van der Waals surface area contributed by atoms with E-state index in [1.165, 1.54) is 0 Å². The molecular formula is C10H10BrN3. The van der Waals surface area contributed by atoms with Crippen LogP contribution in [0.25, 0.3) is 16.5 Å². The second-order valence-electron chi connectivity index (χ2n) is 2.70. The number of azide groups is 1. The Labute approximate surface area is 91.2 Å². The molecule has 1 aromatic carbocycles. The van der Waals surface area contributed by atoms with Crippen LogP contribution in [0.5, 0.6) is 0 Å². The maximum absolute atomic E-state index is 8.27. The zero-order valence-electron chi connectivity index (χ0n) is 7.55. The maximum atomic E-state index is 8.27. The summed E-state index contributed by atoms with van der Waals surface area (Å²) in [7, 11) is 0. The predicted molar refractivity (Wildman–Crippen MR) is 62.2 cm³/mol. The lowest BCUT2D eigenvalue weighted by Gasteiger charge is -1.98. The predicted octanol–water partition coefficient (Wildman–Crippen LogP) is 3.77. The number of halogens is 1. The quantitative estimate of drug-likeness (QED) is 0.339. The van der Waals surface area contributed by atoms with Gasteiger partial charge < -0.3 is 0 Å². The fourth-order valence-corrected chi connectivity index (χ4v) is 1.32. The molecule has 0 aliphatic carbocycles. The number of rotatable bonds is 4. The van der Waals surface area contributed by atoms with Gasteiger partial charge in [0.15, 0.2) is 0 Å². The van der Waals surface area contributed by atoms with E-state index in [1.54, 1.807) is 0 Å². The van der Waals surface area contributed by atoms with Gasteiger partial charge in [0, 0.05) is 10.2 Å². The van der Waals surface area contributed by atoms with Crippen LogP contribution in [0.1, 0.15) is 5.56 Å². The average Bonchev–Trinajstić information content (AvgIpc) is 2.25. The van der Waals surface area contributed by atoms with Crippen LogP contribution in [0, 0.1) is 0 Å². The van der Waals surface area contributed by atoms with E-state index in [0.717, 1.165) is 5.56 Å². The van der Waals surface area contributed by atoms with Gasteiger partial charge in [-0.15, -0.1) is 0 Å². The number of benzene rings is 1. The lowest BCUT2D eigenvalue weighted by atomic mass is 10.2. The topological polar surface area (TPSA) is 48.8 Å². The minimum Gasteiger partial charge on any atom is -0.0920 e. The molecule has 0 saturated carbocycles. The third kappa shape index (κ3) is 3.64. The number of nitrogens with zero attached hydrogens (tertiary/aromatic N) is 3. The summed E-state index contributed by atoms with van der Waals surface area (Å²) in [6, 6.07) is 9.77. The SMILES string of the molecule is [N-]=[N+]=NC(C=Cc1ccccc1)CBr. The molecule has 0 spiro atoms. The van der Waals surface area contributed by atoms with Crippen LogP contribution in [0.3, 0.4) is 0 Å². The second kappa shape index (κ2) is 6.24. The van der Waals surface area contributed by atoms with Gasteiger partial charge in [0.2, 0.25) is 0 Å². The molecule has 0 aliphatic heterocycles. The van der Waals surface area contributed by atoms with Gasteiger partial charge in [-0.25, -0.2) is 0 Å². The standard InChI is InChI=1S/C10H10BrN3/c11-8-10(13-14-12)7-6-9-4-2-1-3-5-9/h1-7,10H,8H2. The van der Waals surface area contributed by atoms with E-state index >= 15 is 0 Å². The molecule has 1 unspecified atom stereocenters. The Bertz CT molecular complexity index is 342. The van der Waals surface area contributed by atoms with Crippen molar-refractivity contribution in [2.45, 2.75) is 6.04 Å². The molecule has 0 N–H and O–H groups in total. The highest BCUT2D eigenvalue weighted by Crippen LogP contribution is 2.05. The van der Waals surface area contributed by atoms with E-state index in [2.05, 4.69) is 26.0 Å². The first-order valence-corrected chi connectivity index (χ1v) is 5.32. The summed E-state index contributed by atoms with van der Waals surface area (Å²) in [5.74, 6) is 0. The summed E-state index contributed by atoms with van der Waals surface area (Å²) >= 11 is 3.27. The Balaban J connectivity index is 2.67. The van der Waals surface area contributed by atoms with E-state index < -0.39 is 0 Å². The van der Waals surface area contributed by atoms with Crippen molar-refractivity contribution in [2.75, 3.05) is 5.33 Å². The zero-order valence-corrected chi connectivity index (χ0v) is 9.13. The van der Waals surface area contributed by atoms with E-state index in [9.17, 15) is 0 Å². The van der Waals surface area contributed by atoms with Crippen LogP contribution in [0.15, 0.2) is 41.5 Å². The van der Waals surface area contributed by atoms with E-state index in [4.69, 9.17) is 5.53 Å². The van der Waals surface area contributed by atoms with Crippen LogP contribution in [0.4, 0.5) is 0 Å². The molecule has 14 heavy (non-hydrogen) atoms. The van der Waals surface area contributed by atoms with Crippen LogP contribution >= 0.6 is 15.9 Å². The Hall–Kier alpha value is -1.25. The molecule has 1 aromatic rings. The fraction of sp³-hybridized carbons (Fsp3) is 0.200. The highest BCUT2D eigenvalue weighted by atomic mass is 79.9. The van der Waals surface area contributed by atoms with Crippen LogP contribution in [-0.2, 0) is 0 Å². The molecular weight excluding hydrogens is 242 g/mol. The Kier molecular flexibility index (Phi) is 4.83. The molecule has 0 radical (unpaired) electrons. The first kappa shape index (κ1) is 10.8. The first-order valence-electron chi connectivity index (χ1n) is 4.20. The largest absolute Gasteiger partial charge is 0.0920 e. The van der Waals surface area contributed by atoms with Crippen molar-refractivity contribution >= 4 is 22.0 Å². The third-order valence-electron chi connectivity index (χ3n) is 1.67. The Morgan fingerprint density at radius 1 is 1.43 bits per heavy atom. The van der Waals surface area contributed by atoms with Crippen LogP contribution in [-0.4, -0.2) is 11.4 Å². The highest BCUT2D eigenvalue weighted by Gasteiger charge is 1.96. The molecule has 0 amide bonds. The summed E-state index contributed by atoms with van der Waals surface area (Å²) < 4.78 is 0. The smallest absolute Gasteiger partial charge is 0.0655 e. The van der Waals surface area contributed by atoms with Gasteiger partial charge in [-0.2, -0.15) is 0 Å². The number of hydrogen-bond donors (Lipinski definition) is 0. The molecule has 0 bridgehead atoms. The molecule has 0 aliphatic rings. The minimum atomic E-state index is -0.125. The summed E-state index contributed by atoms with van der Waals surface area (Å²) in [6.45, 7) is 0. The Morgan fingerprint density at radius 3 is 2.71 bits per heavy atom. The monoisotopic (exact) mass is 251 g/mol. The molecule has 0 fully saturated rings. The summed E-state index contributed by atoms with van der Waals surface area (Å²) in [5, 5.41) is 4.24. The van der Waals surface area contributed by atoms with Crippen molar-refractivity contribution in [3.8, 4) is 0 Å². The fourth-order valence-electron chi connectivity index (χ4n) is 0.973. The Morgan fingerprint density at radius 2 is 2.14 bits per heavy atom.